The second kappa shape index (κ2) is 9.39. The van der Waals surface area contributed by atoms with Crippen molar-refractivity contribution in [1.82, 2.24) is 29.5 Å². The van der Waals surface area contributed by atoms with Crippen molar-refractivity contribution in [1.29, 1.82) is 0 Å². The molecule has 4 heterocycles. The molecule has 3 N–H and O–H groups in total. The molecule has 200 valence electrons. The van der Waals surface area contributed by atoms with Crippen molar-refractivity contribution in [3.8, 4) is 0 Å². The van der Waals surface area contributed by atoms with E-state index in [1.165, 1.54) is 12.4 Å². The molecule has 13 heteroatoms. The van der Waals surface area contributed by atoms with Crippen LogP contribution in [0.4, 0.5) is 24.7 Å². The van der Waals surface area contributed by atoms with E-state index in [4.69, 9.17) is 10.5 Å². The summed E-state index contributed by atoms with van der Waals surface area (Å²) in [5.41, 5.74) is 6.46. The van der Waals surface area contributed by atoms with E-state index in [9.17, 15) is 18.0 Å². The molecular formula is C25H27F3N8O2. The van der Waals surface area contributed by atoms with Crippen LogP contribution in [0, 0.1) is 0 Å². The van der Waals surface area contributed by atoms with E-state index in [-0.39, 0.29) is 11.6 Å². The molecule has 0 bridgehead atoms. The van der Waals surface area contributed by atoms with Gasteiger partial charge in [0.2, 0.25) is 5.91 Å². The monoisotopic (exact) mass is 528 g/mol. The number of nitrogens with one attached hydrogen (secondary N) is 1. The number of benzene rings is 1. The first-order valence-corrected chi connectivity index (χ1v) is 12.1. The first-order chi connectivity index (χ1) is 18.0. The lowest BCUT2D eigenvalue weighted by molar-refractivity contribution is -0.137. The summed E-state index contributed by atoms with van der Waals surface area (Å²) in [5.74, 6) is 0.424. The lowest BCUT2D eigenvalue weighted by Crippen LogP contribution is -2.45. The second-order valence-corrected chi connectivity index (χ2v) is 9.50. The largest absolute Gasteiger partial charge is 0.416 e. The van der Waals surface area contributed by atoms with Gasteiger partial charge in [0.1, 0.15) is 18.5 Å². The van der Waals surface area contributed by atoms with E-state index in [0.717, 1.165) is 17.7 Å². The lowest BCUT2D eigenvalue weighted by Gasteiger charge is -2.41. The Morgan fingerprint density at radius 3 is 2.55 bits per heavy atom. The third-order valence-electron chi connectivity index (χ3n) is 7.22. The van der Waals surface area contributed by atoms with Crippen molar-refractivity contribution < 1.29 is 22.7 Å². The van der Waals surface area contributed by atoms with Crippen molar-refractivity contribution in [2.45, 2.75) is 44.5 Å². The Morgan fingerprint density at radius 1 is 1.16 bits per heavy atom. The summed E-state index contributed by atoms with van der Waals surface area (Å²) in [6.45, 7) is 4.31. The highest BCUT2D eigenvalue weighted by atomic mass is 19.4. The number of anilines is 2. The number of hydrogen-bond acceptors (Lipinski definition) is 8. The minimum Gasteiger partial charge on any atom is -0.399 e. The minimum absolute atomic E-state index is 0.00458. The normalized spacial score (nSPS) is 16.6. The third-order valence-corrected chi connectivity index (χ3v) is 7.22. The Bertz CT molecular complexity index is 1510. The summed E-state index contributed by atoms with van der Waals surface area (Å²) in [6, 6.07) is 4.81. The molecule has 1 aliphatic heterocycles. The molecule has 0 unspecified atom stereocenters. The molecule has 1 aliphatic rings. The van der Waals surface area contributed by atoms with Crippen LogP contribution in [0.3, 0.4) is 0 Å². The number of halogens is 3. The van der Waals surface area contributed by atoms with Gasteiger partial charge in [0.05, 0.1) is 22.6 Å². The summed E-state index contributed by atoms with van der Waals surface area (Å²) in [7, 11) is 1.63. The number of amides is 1. The highest BCUT2D eigenvalue weighted by molar-refractivity contribution is 5.90. The van der Waals surface area contributed by atoms with E-state index < -0.39 is 23.4 Å². The number of ether oxygens (including phenoxy) is 1. The van der Waals surface area contributed by atoms with Crippen LogP contribution in [0.5, 0.6) is 0 Å². The summed E-state index contributed by atoms with van der Waals surface area (Å²) in [5, 5.41) is 12.3. The van der Waals surface area contributed by atoms with Gasteiger partial charge in [-0.05, 0) is 49.6 Å². The predicted octanol–water partition coefficient (Wildman–Crippen LogP) is 3.93. The van der Waals surface area contributed by atoms with E-state index in [1.807, 2.05) is 6.07 Å². The van der Waals surface area contributed by atoms with Gasteiger partial charge in [-0.15, -0.1) is 10.2 Å². The summed E-state index contributed by atoms with van der Waals surface area (Å²) < 4.78 is 47.9. The van der Waals surface area contributed by atoms with Crippen molar-refractivity contribution in [3.63, 3.8) is 0 Å². The van der Waals surface area contributed by atoms with Gasteiger partial charge in [-0.2, -0.15) is 13.2 Å². The van der Waals surface area contributed by atoms with Gasteiger partial charge in [-0.1, -0.05) is 0 Å². The van der Waals surface area contributed by atoms with Crippen LogP contribution >= 0.6 is 0 Å². The Balaban J connectivity index is 1.59. The van der Waals surface area contributed by atoms with Gasteiger partial charge < -0.3 is 20.7 Å². The number of likely N-dealkylation sites (tertiary alicyclic amines) is 1. The molecule has 10 nitrogen and oxygen atoms in total. The number of carbonyl (C=O) groups excluding carboxylic acids is 1. The molecule has 1 atom stereocenters. The number of nitrogen functional groups attached to an aromatic ring is 1. The smallest absolute Gasteiger partial charge is 0.399 e. The number of pyridine rings is 1. The first kappa shape index (κ1) is 25.6. The van der Waals surface area contributed by atoms with Gasteiger partial charge in [0, 0.05) is 38.4 Å². The first-order valence-electron chi connectivity index (χ1n) is 12.1. The number of alkyl halides is 3. The topological polar surface area (TPSA) is 124 Å². The predicted molar refractivity (Wildman–Crippen MR) is 134 cm³/mol. The van der Waals surface area contributed by atoms with E-state index in [1.54, 1.807) is 36.6 Å². The standard InChI is InChI=1S/C25H27F3N8O2/c1-14(16-8-17(25(26,27)28)10-18(29)9-16)33-21-19-11-20(23-34-32-13-36(23)22(19)31-12-30-21)24(38-3)4-6-35(7-5-24)15(2)37/h8-14H,4-7,29H2,1-3H3,(H,30,31,33)/t14-/m1/s1. The van der Waals surface area contributed by atoms with Gasteiger partial charge in [-0.3, -0.25) is 9.20 Å². The van der Waals surface area contributed by atoms with Crippen molar-refractivity contribution in [3.05, 3.63) is 53.6 Å². The molecular weight excluding hydrogens is 501 g/mol. The van der Waals surface area contributed by atoms with Crippen molar-refractivity contribution in [2.75, 3.05) is 31.2 Å². The Kier molecular flexibility index (Phi) is 6.33. The van der Waals surface area contributed by atoms with Crippen molar-refractivity contribution in [2.24, 2.45) is 0 Å². The maximum Gasteiger partial charge on any atom is 0.416 e. The van der Waals surface area contributed by atoms with Crippen LogP contribution in [0.25, 0.3) is 16.7 Å². The zero-order valence-electron chi connectivity index (χ0n) is 21.1. The maximum absolute atomic E-state index is 13.4. The molecule has 4 aromatic rings. The average Bonchev–Trinajstić information content (AvgIpc) is 3.38. The number of nitrogens with zero attached hydrogens (tertiary/aromatic N) is 6. The Hall–Kier alpha value is -4.00. The quantitative estimate of drug-likeness (QED) is 0.374. The molecule has 38 heavy (non-hydrogen) atoms. The Morgan fingerprint density at radius 2 is 1.89 bits per heavy atom. The highest BCUT2D eigenvalue weighted by Gasteiger charge is 2.40. The second-order valence-electron chi connectivity index (χ2n) is 9.50. The third kappa shape index (κ3) is 4.46. The molecule has 1 saturated heterocycles. The summed E-state index contributed by atoms with van der Waals surface area (Å²) >= 11 is 0. The molecule has 1 amide bonds. The number of fused-ring (bicyclic) bond motifs is 3. The van der Waals surface area contributed by atoms with Crippen LogP contribution in [-0.4, -0.2) is 55.6 Å². The highest BCUT2D eigenvalue weighted by Crippen LogP contribution is 2.40. The van der Waals surface area contributed by atoms with Gasteiger partial charge in [-0.25, -0.2) is 9.97 Å². The zero-order chi connectivity index (χ0) is 27.2. The van der Waals surface area contributed by atoms with Gasteiger partial charge in [0.25, 0.3) is 0 Å². The summed E-state index contributed by atoms with van der Waals surface area (Å²) in [4.78, 5) is 22.5. The molecule has 1 fully saturated rings. The van der Waals surface area contributed by atoms with Gasteiger partial charge in [0.15, 0.2) is 11.3 Å². The van der Waals surface area contributed by atoms with E-state index >= 15 is 0 Å². The molecule has 1 aromatic carbocycles. The molecule has 0 radical (unpaired) electrons. The fourth-order valence-corrected chi connectivity index (χ4v) is 5.09. The zero-order valence-corrected chi connectivity index (χ0v) is 21.1. The lowest BCUT2D eigenvalue weighted by atomic mass is 9.84. The number of methoxy groups -OCH3 is 1. The molecule has 3 aromatic heterocycles. The van der Waals surface area contributed by atoms with E-state index in [0.29, 0.717) is 54.0 Å². The fourth-order valence-electron chi connectivity index (χ4n) is 5.09. The number of carbonyl (C=O) groups is 1. The number of hydrogen-bond donors (Lipinski definition) is 2. The minimum atomic E-state index is -4.52. The number of piperidine rings is 1. The number of aromatic nitrogens is 5. The number of rotatable bonds is 5. The average molecular weight is 529 g/mol. The van der Waals surface area contributed by atoms with Crippen LogP contribution in [0.2, 0.25) is 0 Å². The van der Waals surface area contributed by atoms with Crippen LogP contribution in [0.15, 0.2) is 36.9 Å². The molecule has 0 saturated carbocycles. The van der Waals surface area contributed by atoms with Gasteiger partial charge >= 0.3 is 6.18 Å². The fraction of sp³-hybridized carbons (Fsp3) is 0.400. The maximum atomic E-state index is 13.4. The molecule has 0 spiro atoms. The Labute approximate surface area is 216 Å². The van der Waals surface area contributed by atoms with Crippen molar-refractivity contribution >= 4 is 34.1 Å². The van der Waals surface area contributed by atoms with E-state index in [2.05, 4.69) is 25.5 Å². The number of nitrogens with two attached hydrogens (primary N) is 1. The van der Waals surface area contributed by atoms with Crippen LogP contribution < -0.4 is 11.1 Å². The van der Waals surface area contributed by atoms with Crippen LogP contribution in [0.1, 0.15) is 49.4 Å². The van der Waals surface area contributed by atoms with Crippen LogP contribution in [-0.2, 0) is 21.3 Å². The molecule has 0 aliphatic carbocycles. The SMILES string of the molecule is COC1(c2cc3c(N[C@H](C)c4cc(N)cc(C(F)(F)F)c4)ncnc3n3cnnc23)CCN(C(C)=O)CC1. The summed E-state index contributed by atoms with van der Waals surface area (Å²) in [6.07, 6.45) is -0.509. The molecule has 5 rings (SSSR count).